The molecule has 1 aromatic rings. The van der Waals surface area contributed by atoms with Crippen LogP contribution in [0.15, 0.2) is 18.2 Å². The molecule has 1 N–H and O–H groups in total. The van der Waals surface area contributed by atoms with Crippen LogP contribution in [0.1, 0.15) is 56.7 Å². The summed E-state index contributed by atoms with van der Waals surface area (Å²) in [7, 11) is 0. The van der Waals surface area contributed by atoms with Crippen molar-refractivity contribution in [1.82, 2.24) is 10.2 Å². The van der Waals surface area contributed by atoms with Gasteiger partial charge in [0.1, 0.15) is 0 Å². The summed E-state index contributed by atoms with van der Waals surface area (Å²) >= 11 is 0. The molecule has 2 atom stereocenters. The van der Waals surface area contributed by atoms with Gasteiger partial charge < -0.3 is 5.32 Å². The largest absolute Gasteiger partial charge is 0.309 e. The van der Waals surface area contributed by atoms with E-state index in [-0.39, 0.29) is 5.54 Å². The molecule has 0 bridgehead atoms. The minimum atomic E-state index is 0.280. The first kappa shape index (κ1) is 15.1. The number of aryl methyl sites for hydroxylation is 2. The molecule has 21 heavy (non-hydrogen) atoms. The number of hydrogen-bond acceptors (Lipinski definition) is 2. The van der Waals surface area contributed by atoms with Crippen LogP contribution in [0.2, 0.25) is 0 Å². The van der Waals surface area contributed by atoms with Crippen LogP contribution in [0.25, 0.3) is 0 Å². The van der Waals surface area contributed by atoms with Gasteiger partial charge in [-0.05, 0) is 55.7 Å². The monoisotopic (exact) mass is 286 g/mol. The zero-order valence-corrected chi connectivity index (χ0v) is 13.9. The van der Waals surface area contributed by atoms with Crippen LogP contribution >= 0.6 is 0 Å². The predicted octanol–water partition coefficient (Wildman–Crippen LogP) is 3.53. The van der Waals surface area contributed by atoms with E-state index in [1.165, 1.54) is 44.2 Å². The van der Waals surface area contributed by atoms with E-state index >= 15 is 0 Å². The number of hydrogen-bond donors (Lipinski definition) is 1. The fraction of sp³-hybridized carbons (Fsp3) is 0.684. The van der Waals surface area contributed by atoms with Gasteiger partial charge in [-0.15, -0.1) is 0 Å². The fourth-order valence-electron chi connectivity index (χ4n) is 3.91. The van der Waals surface area contributed by atoms with E-state index in [0.29, 0.717) is 6.04 Å². The minimum Gasteiger partial charge on any atom is -0.309 e. The molecule has 1 aromatic carbocycles. The Balaban J connectivity index is 1.74. The summed E-state index contributed by atoms with van der Waals surface area (Å²) in [5, 5.41) is 3.76. The molecule has 2 heteroatoms. The van der Waals surface area contributed by atoms with Gasteiger partial charge in [-0.2, -0.15) is 0 Å². The summed E-state index contributed by atoms with van der Waals surface area (Å²) in [5.74, 6) is 0. The summed E-state index contributed by atoms with van der Waals surface area (Å²) in [6.07, 6.45) is 6.35. The van der Waals surface area contributed by atoms with E-state index in [4.69, 9.17) is 0 Å². The second-order valence-electron chi connectivity index (χ2n) is 7.22. The Morgan fingerprint density at radius 3 is 2.81 bits per heavy atom. The quantitative estimate of drug-likeness (QED) is 0.911. The van der Waals surface area contributed by atoms with E-state index in [0.717, 1.165) is 13.1 Å². The highest BCUT2D eigenvalue weighted by atomic mass is 15.2. The van der Waals surface area contributed by atoms with Crippen molar-refractivity contribution in [2.75, 3.05) is 13.1 Å². The van der Waals surface area contributed by atoms with Crippen molar-refractivity contribution in [3.8, 4) is 0 Å². The molecule has 0 radical (unpaired) electrons. The molecule has 1 heterocycles. The van der Waals surface area contributed by atoms with E-state index in [1.54, 1.807) is 11.1 Å². The van der Waals surface area contributed by atoms with E-state index in [2.05, 4.69) is 49.2 Å². The molecule has 1 aliphatic heterocycles. The first-order valence-corrected chi connectivity index (χ1v) is 8.73. The molecule has 3 rings (SSSR count). The number of nitrogens with one attached hydrogen (secondary N) is 1. The SMILES string of the molecule is CCC1CNC(C)(CC)CN1Cc1ccc2c(c1)CCC2. The maximum Gasteiger partial charge on any atom is 0.0278 e. The molecule has 0 saturated carbocycles. The fourth-order valence-corrected chi connectivity index (χ4v) is 3.91. The number of benzene rings is 1. The molecule has 1 aliphatic carbocycles. The highest BCUT2D eigenvalue weighted by Crippen LogP contribution is 2.26. The van der Waals surface area contributed by atoms with E-state index in [9.17, 15) is 0 Å². The molecule has 1 saturated heterocycles. The molecule has 2 aliphatic rings. The second kappa shape index (κ2) is 6.10. The van der Waals surface area contributed by atoms with E-state index in [1.807, 2.05) is 0 Å². The molecule has 0 spiro atoms. The zero-order valence-electron chi connectivity index (χ0n) is 13.9. The van der Waals surface area contributed by atoms with Crippen LogP contribution in [0.4, 0.5) is 0 Å². The molecular weight excluding hydrogens is 256 g/mol. The van der Waals surface area contributed by atoms with Gasteiger partial charge in [0.2, 0.25) is 0 Å². The highest BCUT2D eigenvalue weighted by molar-refractivity contribution is 5.35. The standard InChI is InChI=1S/C19H30N2/c1-4-18-12-20-19(3,5-2)14-21(18)13-15-9-10-16-7-6-8-17(16)11-15/h9-11,18,20H,4-8,12-14H2,1-3H3. The second-order valence-corrected chi connectivity index (χ2v) is 7.22. The molecule has 2 nitrogen and oxygen atoms in total. The maximum atomic E-state index is 3.76. The third-order valence-electron chi connectivity index (χ3n) is 5.63. The topological polar surface area (TPSA) is 15.3 Å². The Morgan fingerprint density at radius 1 is 1.24 bits per heavy atom. The normalized spacial score (nSPS) is 29.6. The summed E-state index contributed by atoms with van der Waals surface area (Å²) in [6.45, 7) is 10.4. The van der Waals surface area contributed by atoms with Gasteiger partial charge in [-0.25, -0.2) is 0 Å². The van der Waals surface area contributed by atoms with Crippen molar-refractivity contribution in [2.24, 2.45) is 0 Å². The summed E-state index contributed by atoms with van der Waals surface area (Å²) < 4.78 is 0. The first-order valence-electron chi connectivity index (χ1n) is 8.73. The number of fused-ring (bicyclic) bond motifs is 1. The van der Waals surface area contributed by atoms with Gasteiger partial charge >= 0.3 is 0 Å². The van der Waals surface area contributed by atoms with Crippen molar-refractivity contribution in [3.05, 3.63) is 34.9 Å². The molecule has 1 fully saturated rings. The lowest BCUT2D eigenvalue weighted by molar-refractivity contribution is 0.0755. The summed E-state index contributed by atoms with van der Waals surface area (Å²) in [6, 6.07) is 7.89. The Labute approximate surface area is 129 Å². The van der Waals surface area contributed by atoms with E-state index < -0.39 is 0 Å². The maximum absolute atomic E-state index is 3.76. The number of piperazine rings is 1. The molecule has 0 amide bonds. The lowest BCUT2D eigenvalue weighted by atomic mass is 9.92. The zero-order chi connectivity index (χ0) is 14.9. The van der Waals surface area contributed by atoms with Crippen molar-refractivity contribution in [2.45, 2.75) is 71.0 Å². The van der Waals surface area contributed by atoms with Crippen molar-refractivity contribution < 1.29 is 0 Å². The van der Waals surface area contributed by atoms with Crippen LogP contribution < -0.4 is 5.32 Å². The Hall–Kier alpha value is -0.860. The highest BCUT2D eigenvalue weighted by Gasteiger charge is 2.33. The van der Waals surface area contributed by atoms with Crippen molar-refractivity contribution in [3.63, 3.8) is 0 Å². The average molecular weight is 286 g/mol. The van der Waals surface area contributed by atoms with Gasteiger partial charge in [-0.3, -0.25) is 4.90 Å². The molecule has 0 aromatic heterocycles. The minimum absolute atomic E-state index is 0.280. The van der Waals surface area contributed by atoms with Gasteiger partial charge in [-0.1, -0.05) is 32.0 Å². The van der Waals surface area contributed by atoms with Crippen molar-refractivity contribution in [1.29, 1.82) is 0 Å². The van der Waals surface area contributed by atoms with Crippen LogP contribution in [0, 0.1) is 0 Å². The average Bonchev–Trinajstić information content (AvgIpc) is 2.95. The van der Waals surface area contributed by atoms with Gasteiger partial charge in [0.25, 0.3) is 0 Å². The third-order valence-corrected chi connectivity index (χ3v) is 5.63. The van der Waals surface area contributed by atoms with Crippen LogP contribution in [-0.2, 0) is 19.4 Å². The molecular formula is C19H30N2. The molecule has 116 valence electrons. The van der Waals surface area contributed by atoms with Gasteiger partial charge in [0, 0.05) is 31.2 Å². The van der Waals surface area contributed by atoms with Crippen molar-refractivity contribution >= 4 is 0 Å². The summed E-state index contributed by atoms with van der Waals surface area (Å²) in [4.78, 5) is 2.71. The van der Waals surface area contributed by atoms with Crippen LogP contribution in [0.5, 0.6) is 0 Å². The predicted molar refractivity (Wildman–Crippen MR) is 89.7 cm³/mol. The van der Waals surface area contributed by atoms with Gasteiger partial charge in [0.05, 0.1) is 0 Å². The lowest BCUT2D eigenvalue weighted by Gasteiger charge is -2.46. The van der Waals surface area contributed by atoms with Crippen LogP contribution in [-0.4, -0.2) is 29.6 Å². The lowest BCUT2D eigenvalue weighted by Crippen LogP contribution is -2.62. The first-order chi connectivity index (χ1) is 10.1. The Bertz CT molecular complexity index is 496. The van der Waals surface area contributed by atoms with Crippen LogP contribution in [0.3, 0.4) is 0 Å². The summed E-state index contributed by atoms with van der Waals surface area (Å²) in [5.41, 5.74) is 4.98. The smallest absolute Gasteiger partial charge is 0.0278 e. The number of rotatable bonds is 4. The van der Waals surface area contributed by atoms with Gasteiger partial charge in [0.15, 0.2) is 0 Å². The Kier molecular flexibility index (Phi) is 4.37. The number of nitrogens with zero attached hydrogens (tertiary/aromatic N) is 1. The Morgan fingerprint density at radius 2 is 2.05 bits per heavy atom. The molecule has 2 unspecified atom stereocenters. The third kappa shape index (κ3) is 3.17.